The van der Waals surface area contributed by atoms with E-state index >= 15 is 0 Å². The van der Waals surface area contributed by atoms with Gasteiger partial charge in [0.15, 0.2) is 5.69 Å². The number of carbonyl (C=O) groups excluding carboxylic acids is 1. The van der Waals surface area contributed by atoms with E-state index < -0.39 is 47.2 Å². The van der Waals surface area contributed by atoms with Crippen molar-refractivity contribution in [3.05, 3.63) is 17.0 Å². The van der Waals surface area contributed by atoms with E-state index in [1.54, 1.807) is 0 Å². The maximum absolute atomic E-state index is 14.1. The summed E-state index contributed by atoms with van der Waals surface area (Å²) >= 11 is 0. The smallest absolute Gasteiger partial charge is 0.420 e. The van der Waals surface area contributed by atoms with Gasteiger partial charge >= 0.3 is 12.1 Å². The summed E-state index contributed by atoms with van der Waals surface area (Å²) in [5, 5.41) is 3.94. The van der Waals surface area contributed by atoms with Crippen LogP contribution in [0.3, 0.4) is 0 Å². The third-order valence-electron chi connectivity index (χ3n) is 5.89. The highest BCUT2D eigenvalue weighted by Crippen LogP contribution is 2.75. The Morgan fingerprint density at radius 2 is 1.96 bits per heavy atom. The lowest BCUT2D eigenvalue weighted by Gasteiger charge is -2.26. The van der Waals surface area contributed by atoms with Crippen molar-refractivity contribution in [2.75, 3.05) is 7.11 Å². The molecular formula is C16H17F5N2O2. The van der Waals surface area contributed by atoms with E-state index in [0.717, 1.165) is 11.8 Å². The zero-order valence-electron chi connectivity index (χ0n) is 13.5. The van der Waals surface area contributed by atoms with Crippen LogP contribution in [-0.4, -0.2) is 28.8 Å². The molecule has 0 saturated heterocycles. The first-order valence-corrected chi connectivity index (χ1v) is 8.27. The lowest BCUT2D eigenvalue weighted by Crippen LogP contribution is -2.22. The van der Waals surface area contributed by atoms with Gasteiger partial charge in [-0.15, -0.1) is 0 Å². The number of ether oxygens (including phenoxy) is 1. The van der Waals surface area contributed by atoms with E-state index in [1.165, 1.54) is 0 Å². The first-order valence-electron chi connectivity index (χ1n) is 8.27. The zero-order valence-corrected chi connectivity index (χ0v) is 13.5. The number of methoxy groups -OCH3 is 1. The maximum Gasteiger partial charge on any atom is 0.420 e. The molecule has 138 valence electrons. The number of halogens is 5. The van der Waals surface area contributed by atoms with Crippen LogP contribution in [0.15, 0.2) is 0 Å². The monoisotopic (exact) mass is 364 g/mol. The second kappa shape index (κ2) is 4.94. The van der Waals surface area contributed by atoms with Crippen LogP contribution in [0.2, 0.25) is 0 Å². The Labute approximate surface area is 140 Å². The Morgan fingerprint density at radius 1 is 1.32 bits per heavy atom. The van der Waals surface area contributed by atoms with E-state index in [-0.39, 0.29) is 11.6 Å². The number of rotatable bonds is 4. The van der Waals surface area contributed by atoms with Gasteiger partial charge in [-0.3, -0.25) is 4.68 Å². The molecule has 3 fully saturated rings. The fourth-order valence-corrected chi connectivity index (χ4v) is 4.13. The van der Waals surface area contributed by atoms with E-state index in [4.69, 9.17) is 0 Å². The summed E-state index contributed by atoms with van der Waals surface area (Å²) in [5.74, 6) is -5.56. The molecule has 3 saturated carbocycles. The molecule has 3 aliphatic rings. The second-order valence-electron chi connectivity index (χ2n) is 7.24. The zero-order chi connectivity index (χ0) is 18.2. The van der Waals surface area contributed by atoms with Crippen molar-refractivity contribution in [1.82, 2.24) is 9.78 Å². The SMILES string of the molecule is COC(=O)c1c(C(F)(F)F)c(C2CC2)nn1CC1C(F)(F)C12CCC2. The van der Waals surface area contributed by atoms with E-state index in [0.29, 0.717) is 32.1 Å². The predicted molar refractivity (Wildman–Crippen MR) is 75.3 cm³/mol. The third-order valence-corrected chi connectivity index (χ3v) is 5.89. The Morgan fingerprint density at radius 3 is 2.36 bits per heavy atom. The highest BCUT2D eigenvalue weighted by Gasteiger charge is 2.81. The van der Waals surface area contributed by atoms with E-state index in [1.807, 2.05) is 0 Å². The minimum Gasteiger partial charge on any atom is -0.464 e. The van der Waals surface area contributed by atoms with Gasteiger partial charge in [0.2, 0.25) is 0 Å². The van der Waals surface area contributed by atoms with Crippen LogP contribution in [0.25, 0.3) is 0 Å². The fraction of sp³-hybridized carbons (Fsp3) is 0.750. The lowest BCUT2D eigenvalue weighted by molar-refractivity contribution is -0.138. The molecule has 0 aliphatic heterocycles. The van der Waals surface area contributed by atoms with Gasteiger partial charge in [0.05, 0.1) is 25.3 Å². The molecule has 0 N–H and O–H groups in total. The van der Waals surface area contributed by atoms with Crippen LogP contribution in [0.5, 0.6) is 0 Å². The standard InChI is InChI=1S/C16H17F5N2O2/c1-25-13(24)12-10(16(19,20)21)11(8-3-4-8)22-23(12)7-9-14(5-2-6-14)15(9,17)18/h8-9H,2-7H2,1H3. The third kappa shape index (κ3) is 2.23. The topological polar surface area (TPSA) is 44.1 Å². The highest BCUT2D eigenvalue weighted by atomic mass is 19.4. The van der Waals surface area contributed by atoms with Crippen LogP contribution >= 0.6 is 0 Å². The number of hydrogen-bond donors (Lipinski definition) is 0. The molecule has 1 atom stereocenters. The summed E-state index contributed by atoms with van der Waals surface area (Å²) in [4.78, 5) is 12.0. The lowest BCUT2D eigenvalue weighted by atomic mass is 9.79. The van der Waals surface area contributed by atoms with Gasteiger partial charge in [-0.2, -0.15) is 18.3 Å². The van der Waals surface area contributed by atoms with Crippen LogP contribution in [0.1, 0.15) is 59.8 Å². The Balaban J connectivity index is 1.76. The van der Waals surface area contributed by atoms with Crippen molar-refractivity contribution >= 4 is 5.97 Å². The summed E-state index contributed by atoms with van der Waals surface area (Å²) in [6.07, 6.45) is -2.28. The van der Waals surface area contributed by atoms with Crippen molar-refractivity contribution in [3.8, 4) is 0 Å². The second-order valence-corrected chi connectivity index (χ2v) is 7.24. The summed E-state index contributed by atoms with van der Waals surface area (Å²) in [7, 11) is 0.968. The molecule has 1 heterocycles. The molecule has 25 heavy (non-hydrogen) atoms. The predicted octanol–water partition coefficient (Wildman–Crippen LogP) is 4.00. The van der Waals surface area contributed by atoms with Gasteiger partial charge in [-0.05, 0) is 25.7 Å². The van der Waals surface area contributed by atoms with Gasteiger partial charge in [-0.1, -0.05) is 6.42 Å². The molecule has 9 heteroatoms. The normalized spacial score (nSPS) is 26.4. The van der Waals surface area contributed by atoms with Crippen molar-refractivity contribution in [2.45, 2.75) is 56.7 Å². The number of esters is 1. The van der Waals surface area contributed by atoms with Gasteiger partial charge in [0.25, 0.3) is 5.92 Å². The molecule has 0 bridgehead atoms. The molecule has 1 aromatic heterocycles. The number of nitrogens with zero attached hydrogens (tertiary/aromatic N) is 2. The van der Waals surface area contributed by atoms with E-state index in [9.17, 15) is 26.7 Å². The van der Waals surface area contributed by atoms with E-state index in [2.05, 4.69) is 9.84 Å². The fourth-order valence-electron chi connectivity index (χ4n) is 4.13. The van der Waals surface area contributed by atoms with Gasteiger partial charge in [0.1, 0.15) is 5.56 Å². The average molecular weight is 364 g/mol. The quantitative estimate of drug-likeness (QED) is 0.599. The molecule has 4 rings (SSSR count). The minimum absolute atomic E-state index is 0.223. The number of aromatic nitrogens is 2. The molecule has 1 unspecified atom stereocenters. The molecule has 1 spiro atoms. The molecular weight excluding hydrogens is 347 g/mol. The van der Waals surface area contributed by atoms with Crippen LogP contribution < -0.4 is 0 Å². The summed E-state index contributed by atoms with van der Waals surface area (Å²) < 4.78 is 74.2. The first kappa shape index (κ1) is 16.8. The van der Waals surface area contributed by atoms with Crippen LogP contribution in [0, 0.1) is 11.3 Å². The Kier molecular flexibility index (Phi) is 3.32. The summed E-state index contributed by atoms with van der Waals surface area (Å²) in [5.41, 5.74) is -3.23. The summed E-state index contributed by atoms with van der Waals surface area (Å²) in [6, 6.07) is 0. The summed E-state index contributed by atoms with van der Waals surface area (Å²) in [6.45, 7) is -0.396. The van der Waals surface area contributed by atoms with Gasteiger partial charge < -0.3 is 4.74 Å². The molecule has 3 aliphatic carbocycles. The number of hydrogen-bond acceptors (Lipinski definition) is 3. The first-order chi connectivity index (χ1) is 11.6. The molecule has 0 aromatic carbocycles. The van der Waals surface area contributed by atoms with Crippen LogP contribution in [0.4, 0.5) is 22.0 Å². The highest BCUT2D eigenvalue weighted by molar-refractivity contribution is 5.90. The Hall–Kier alpha value is -1.67. The van der Waals surface area contributed by atoms with Crippen molar-refractivity contribution in [3.63, 3.8) is 0 Å². The number of alkyl halides is 5. The van der Waals surface area contributed by atoms with Crippen molar-refractivity contribution < 1.29 is 31.5 Å². The van der Waals surface area contributed by atoms with Crippen molar-refractivity contribution in [2.24, 2.45) is 11.3 Å². The van der Waals surface area contributed by atoms with Crippen LogP contribution in [-0.2, 0) is 17.5 Å². The minimum atomic E-state index is -4.79. The van der Waals surface area contributed by atoms with Crippen molar-refractivity contribution in [1.29, 1.82) is 0 Å². The largest absolute Gasteiger partial charge is 0.464 e. The molecule has 0 radical (unpaired) electrons. The van der Waals surface area contributed by atoms with Gasteiger partial charge in [-0.25, -0.2) is 13.6 Å². The maximum atomic E-state index is 14.1. The number of carbonyl (C=O) groups is 1. The Bertz CT molecular complexity index is 732. The molecule has 0 amide bonds. The average Bonchev–Trinajstić information content (AvgIpc) is 3.33. The molecule has 1 aromatic rings. The molecule has 4 nitrogen and oxygen atoms in total. The van der Waals surface area contributed by atoms with Gasteiger partial charge in [0, 0.05) is 11.3 Å².